The molecule has 0 aromatic heterocycles. The molecule has 0 aliphatic carbocycles. The van der Waals surface area contributed by atoms with E-state index in [4.69, 9.17) is 0 Å². The zero-order chi connectivity index (χ0) is 17.5. The van der Waals surface area contributed by atoms with Crippen molar-refractivity contribution in [2.45, 2.75) is 26.7 Å². The van der Waals surface area contributed by atoms with E-state index >= 15 is 0 Å². The molecule has 0 amide bonds. The lowest BCUT2D eigenvalue weighted by molar-refractivity contribution is -0.113. The second-order valence-electron chi connectivity index (χ2n) is 5.99. The molecule has 0 fully saturated rings. The molecule has 2 aromatic rings. The van der Waals surface area contributed by atoms with Gasteiger partial charge in [-0.1, -0.05) is 80.2 Å². The highest BCUT2D eigenvalue weighted by Crippen LogP contribution is 2.20. The summed E-state index contributed by atoms with van der Waals surface area (Å²) in [5.74, 6) is 0.861. The lowest BCUT2D eigenvalue weighted by atomic mass is 10.0. The summed E-state index contributed by atoms with van der Waals surface area (Å²) in [4.78, 5) is 24.0. The van der Waals surface area contributed by atoms with E-state index in [0.29, 0.717) is 22.8 Å². The van der Waals surface area contributed by atoms with Gasteiger partial charge < -0.3 is 0 Å². The third-order valence-corrected chi connectivity index (χ3v) is 4.72. The van der Waals surface area contributed by atoms with E-state index in [-0.39, 0.29) is 10.9 Å². The molecule has 0 heterocycles. The summed E-state index contributed by atoms with van der Waals surface area (Å²) >= 11 is 1.17. The van der Waals surface area contributed by atoms with E-state index < -0.39 is 0 Å². The molecular formula is C21H22O2S. The van der Waals surface area contributed by atoms with Gasteiger partial charge in [0, 0.05) is 16.9 Å². The molecule has 0 bridgehead atoms. The van der Waals surface area contributed by atoms with Crippen LogP contribution >= 0.6 is 11.8 Å². The zero-order valence-corrected chi connectivity index (χ0v) is 15.1. The van der Waals surface area contributed by atoms with Gasteiger partial charge in [0.2, 0.25) is 5.12 Å². The lowest BCUT2D eigenvalue weighted by Crippen LogP contribution is -2.03. The summed E-state index contributed by atoms with van der Waals surface area (Å²) in [5, 5.41) is -0.0158. The minimum atomic E-state index is -0.0158. The third kappa shape index (κ3) is 5.20. The van der Waals surface area contributed by atoms with Crippen molar-refractivity contribution in [3.8, 4) is 0 Å². The van der Waals surface area contributed by atoms with Crippen LogP contribution in [0.25, 0.3) is 6.08 Å². The molecule has 2 rings (SSSR count). The van der Waals surface area contributed by atoms with Crippen molar-refractivity contribution in [2.75, 3.05) is 5.75 Å². The monoisotopic (exact) mass is 338 g/mol. The summed E-state index contributed by atoms with van der Waals surface area (Å²) in [6.07, 6.45) is 1.87. The second kappa shape index (κ2) is 8.65. The van der Waals surface area contributed by atoms with Crippen molar-refractivity contribution in [3.05, 3.63) is 76.9 Å². The zero-order valence-electron chi connectivity index (χ0n) is 14.3. The predicted octanol–water partition coefficient (Wildman–Crippen LogP) is 5.36. The van der Waals surface area contributed by atoms with Crippen LogP contribution in [0.1, 0.15) is 48.2 Å². The molecule has 0 spiro atoms. The number of carbonyl (C=O) groups is 2. The number of rotatable bonds is 6. The molecule has 0 saturated heterocycles. The number of Topliss-reactive ketones (excluding diaryl/α,β-unsaturated/α-hetero) is 1. The van der Waals surface area contributed by atoms with Gasteiger partial charge >= 0.3 is 0 Å². The van der Waals surface area contributed by atoms with Gasteiger partial charge in [-0.3, -0.25) is 9.59 Å². The maximum absolute atomic E-state index is 12.2. The minimum Gasteiger partial charge on any atom is -0.295 e. The Bertz CT molecular complexity index is 728. The normalized spacial score (nSPS) is 11.6. The first kappa shape index (κ1) is 18.2. The van der Waals surface area contributed by atoms with Crippen LogP contribution in [0, 0.1) is 0 Å². The summed E-state index contributed by atoms with van der Waals surface area (Å²) in [7, 11) is 0. The summed E-state index contributed by atoms with van der Waals surface area (Å²) < 4.78 is 0. The number of thioether (sulfide) groups is 1. The standard InChI is InChI=1S/C21H22O2S/c1-15(2)18-11-9-17(10-12-18)13-20(16(3)22)14-24-21(23)19-7-5-4-6-8-19/h4-13,15H,14H2,1-3H3/b20-13+. The van der Waals surface area contributed by atoms with Crippen molar-refractivity contribution in [1.82, 2.24) is 0 Å². The van der Waals surface area contributed by atoms with E-state index in [0.717, 1.165) is 5.56 Å². The summed E-state index contributed by atoms with van der Waals surface area (Å²) in [6, 6.07) is 17.3. The molecule has 2 nitrogen and oxygen atoms in total. The highest BCUT2D eigenvalue weighted by Gasteiger charge is 2.10. The molecule has 24 heavy (non-hydrogen) atoms. The number of carbonyl (C=O) groups excluding carboxylic acids is 2. The predicted molar refractivity (Wildman–Crippen MR) is 102 cm³/mol. The molecule has 0 saturated carbocycles. The Labute approximate surface area is 148 Å². The topological polar surface area (TPSA) is 34.1 Å². The Kier molecular flexibility index (Phi) is 6.56. The van der Waals surface area contributed by atoms with Gasteiger partial charge in [0.1, 0.15) is 0 Å². The highest BCUT2D eigenvalue weighted by molar-refractivity contribution is 8.14. The molecular weight excluding hydrogens is 316 g/mol. The van der Waals surface area contributed by atoms with Crippen molar-refractivity contribution >= 4 is 28.7 Å². The Morgan fingerprint density at radius 1 is 1.00 bits per heavy atom. The van der Waals surface area contributed by atoms with E-state index in [9.17, 15) is 9.59 Å². The highest BCUT2D eigenvalue weighted by atomic mass is 32.2. The fourth-order valence-corrected chi connectivity index (χ4v) is 3.10. The number of hydrogen-bond donors (Lipinski definition) is 0. The molecule has 0 unspecified atom stereocenters. The number of hydrogen-bond acceptors (Lipinski definition) is 3. The van der Waals surface area contributed by atoms with Gasteiger partial charge in [0.25, 0.3) is 0 Å². The van der Waals surface area contributed by atoms with Gasteiger partial charge in [-0.25, -0.2) is 0 Å². The average Bonchev–Trinajstić information content (AvgIpc) is 2.59. The first-order chi connectivity index (χ1) is 11.5. The molecule has 0 aliphatic rings. The fraction of sp³-hybridized carbons (Fsp3) is 0.238. The van der Waals surface area contributed by atoms with Crippen LogP contribution in [0.2, 0.25) is 0 Å². The van der Waals surface area contributed by atoms with Crippen LogP contribution in [-0.4, -0.2) is 16.7 Å². The van der Waals surface area contributed by atoms with Crippen LogP contribution in [-0.2, 0) is 4.79 Å². The smallest absolute Gasteiger partial charge is 0.219 e. The Morgan fingerprint density at radius 2 is 1.62 bits per heavy atom. The van der Waals surface area contributed by atoms with Crippen molar-refractivity contribution in [1.29, 1.82) is 0 Å². The molecule has 124 valence electrons. The van der Waals surface area contributed by atoms with Gasteiger partial charge in [-0.05, 0) is 30.0 Å². The van der Waals surface area contributed by atoms with Crippen molar-refractivity contribution in [3.63, 3.8) is 0 Å². The largest absolute Gasteiger partial charge is 0.295 e. The Morgan fingerprint density at radius 3 is 2.17 bits per heavy atom. The summed E-state index contributed by atoms with van der Waals surface area (Å²) in [5.41, 5.74) is 3.57. The first-order valence-electron chi connectivity index (χ1n) is 8.01. The molecule has 0 radical (unpaired) electrons. The Balaban J connectivity index is 2.09. The second-order valence-corrected chi connectivity index (χ2v) is 6.94. The molecule has 0 atom stereocenters. The van der Waals surface area contributed by atoms with Crippen LogP contribution in [0.3, 0.4) is 0 Å². The van der Waals surface area contributed by atoms with Crippen molar-refractivity contribution in [2.24, 2.45) is 0 Å². The lowest BCUT2D eigenvalue weighted by Gasteiger charge is -2.07. The van der Waals surface area contributed by atoms with Crippen LogP contribution in [0.5, 0.6) is 0 Å². The van der Waals surface area contributed by atoms with E-state index in [1.54, 1.807) is 19.1 Å². The van der Waals surface area contributed by atoms with Crippen LogP contribution in [0.15, 0.2) is 60.2 Å². The Hall–Kier alpha value is -2.13. The molecule has 2 aromatic carbocycles. The minimum absolute atomic E-state index is 0.00343. The number of ketones is 1. The molecule has 3 heteroatoms. The van der Waals surface area contributed by atoms with E-state index in [2.05, 4.69) is 26.0 Å². The maximum Gasteiger partial charge on any atom is 0.219 e. The number of benzene rings is 2. The van der Waals surface area contributed by atoms with Crippen LogP contribution in [0.4, 0.5) is 0 Å². The SMILES string of the molecule is CC(=O)/C(=C/c1ccc(C(C)C)cc1)CSC(=O)c1ccccc1. The molecule has 0 N–H and O–H groups in total. The third-order valence-electron chi connectivity index (χ3n) is 3.76. The van der Waals surface area contributed by atoms with E-state index in [1.807, 2.05) is 36.4 Å². The average molecular weight is 338 g/mol. The quantitative estimate of drug-likeness (QED) is 0.665. The van der Waals surface area contributed by atoms with Crippen molar-refractivity contribution < 1.29 is 9.59 Å². The summed E-state index contributed by atoms with van der Waals surface area (Å²) in [6.45, 7) is 5.84. The first-order valence-corrected chi connectivity index (χ1v) is 8.99. The maximum atomic E-state index is 12.2. The molecule has 0 aliphatic heterocycles. The van der Waals surface area contributed by atoms with Gasteiger partial charge in [0.05, 0.1) is 0 Å². The van der Waals surface area contributed by atoms with Gasteiger partial charge in [-0.2, -0.15) is 0 Å². The van der Waals surface area contributed by atoms with Gasteiger partial charge in [-0.15, -0.1) is 0 Å². The van der Waals surface area contributed by atoms with Crippen LogP contribution < -0.4 is 0 Å². The van der Waals surface area contributed by atoms with Gasteiger partial charge in [0.15, 0.2) is 5.78 Å². The van der Waals surface area contributed by atoms with E-state index in [1.165, 1.54) is 17.3 Å². The fourth-order valence-electron chi connectivity index (χ4n) is 2.22.